The minimum absolute atomic E-state index is 0.0152. The minimum atomic E-state index is -1.04. The molecule has 2 saturated carbocycles. The Kier molecular flexibility index (Phi) is 34.2. The van der Waals surface area contributed by atoms with Gasteiger partial charge in [0.1, 0.15) is 13.2 Å². The summed E-state index contributed by atoms with van der Waals surface area (Å²) in [5.41, 5.74) is 13.4. The fourth-order valence-electron chi connectivity index (χ4n) is 14.6. The Morgan fingerprint density at radius 3 is 0.964 bits per heavy atom. The molecule has 14 heteroatoms. The molecule has 0 aliphatic heterocycles. The lowest BCUT2D eigenvalue weighted by Crippen LogP contribution is -2.13. The molecule has 111 heavy (non-hydrogen) atoms. The van der Waals surface area contributed by atoms with Crippen LogP contribution in [-0.4, -0.2) is 26.9 Å². The van der Waals surface area contributed by atoms with Crippen molar-refractivity contribution in [3.63, 3.8) is 0 Å². The van der Waals surface area contributed by atoms with Crippen LogP contribution in [0.4, 0.5) is 35.1 Å². The van der Waals surface area contributed by atoms with Crippen LogP contribution in [0.3, 0.4) is 0 Å². The Hall–Kier alpha value is -9.56. The fraction of sp³-hybridized carbons (Fsp3) is 0.381. The van der Waals surface area contributed by atoms with E-state index in [0.29, 0.717) is 36.2 Å². The van der Waals surface area contributed by atoms with Crippen molar-refractivity contribution in [2.45, 2.75) is 202 Å². The van der Waals surface area contributed by atoms with Crippen LogP contribution in [0.25, 0.3) is 44.5 Å². The highest BCUT2D eigenvalue weighted by Crippen LogP contribution is 2.41. The summed E-state index contributed by atoms with van der Waals surface area (Å²) >= 11 is 0. The number of halogens is 8. The zero-order chi connectivity index (χ0) is 79.0. The molecule has 0 N–H and O–H groups in total. The zero-order valence-electron chi connectivity index (χ0n) is 65.9. The molecule has 0 aromatic heterocycles. The fourth-order valence-corrected chi connectivity index (χ4v) is 14.6. The van der Waals surface area contributed by atoms with Crippen molar-refractivity contribution in [3.8, 4) is 79.0 Å². The smallest absolute Gasteiger partial charge is 0.204 e. The molecule has 0 unspecified atom stereocenters. The molecule has 590 valence electrons. The first-order chi connectivity index (χ1) is 54.0. The van der Waals surface area contributed by atoms with E-state index in [1.54, 1.807) is 19.1 Å². The van der Waals surface area contributed by atoms with E-state index >= 15 is 0 Å². The second kappa shape index (κ2) is 44.5. The molecule has 2 aliphatic carbocycles. The van der Waals surface area contributed by atoms with Crippen LogP contribution in [0, 0.1) is 58.4 Å². The predicted octanol–water partition coefficient (Wildman–Crippen LogP) is 28.5. The van der Waals surface area contributed by atoms with E-state index in [1.165, 1.54) is 156 Å². The molecule has 0 atom stereocenters. The van der Waals surface area contributed by atoms with Gasteiger partial charge >= 0.3 is 0 Å². The molecule has 0 heterocycles. The number of hydrogen-bond donors (Lipinski definition) is 0. The number of ether oxygens (including phenoxy) is 6. The highest BCUT2D eigenvalue weighted by molar-refractivity contribution is 5.72. The molecule has 0 amide bonds. The minimum Gasteiger partial charge on any atom is -0.494 e. The molecular weight excluding hydrogens is 1410 g/mol. The average molecular weight is 1520 g/mol. The van der Waals surface area contributed by atoms with Crippen molar-refractivity contribution in [2.75, 3.05) is 26.9 Å². The molecule has 10 aromatic carbocycles. The van der Waals surface area contributed by atoms with E-state index in [1.807, 2.05) is 86.6 Å². The summed E-state index contributed by atoms with van der Waals surface area (Å²) in [4.78, 5) is 0. The van der Waals surface area contributed by atoms with E-state index in [4.69, 9.17) is 28.4 Å². The molecule has 0 saturated heterocycles. The summed E-state index contributed by atoms with van der Waals surface area (Å²) in [6.07, 6.45) is 24.2. The summed E-state index contributed by atoms with van der Waals surface area (Å²) < 4.78 is 144. The van der Waals surface area contributed by atoms with Gasteiger partial charge in [0, 0.05) is 11.1 Å². The molecule has 0 radical (unpaired) electrons. The van der Waals surface area contributed by atoms with Crippen LogP contribution < -0.4 is 28.4 Å². The first kappa shape index (κ1) is 85.4. The number of rotatable bonds is 31. The van der Waals surface area contributed by atoms with Gasteiger partial charge in [0.15, 0.2) is 46.1 Å². The Morgan fingerprint density at radius 2 is 0.586 bits per heavy atom. The number of methoxy groups -OCH3 is 1. The lowest BCUT2D eigenvalue weighted by Gasteiger charge is -2.29. The Labute approximate surface area is 653 Å². The number of benzene rings is 10. The highest BCUT2D eigenvalue weighted by Gasteiger charge is 2.26. The third-order valence-corrected chi connectivity index (χ3v) is 20.9. The summed E-state index contributed by atoms with van der Waals surface area (Å²) in [7, 11) is 1.29. The largest absolute Gasteiger partial charge is 0.494 e. The van der Waals surface area contributed by atoms with Crippen LogP contribution >= 0.6 is 0 Å². The average Bonchev–Trinajstić information content (AvgIpc) is 0.808. The van der Waals surface area contributed by atoms with Gasteiger partial charge in [-0.05, 0) is 223 Å². The Bertz CT molecular complexity index is 4420. The van der Waals surface area contributed by atoms with E-state index in [-0.39, 0.29) is 65.4 Å². The molecule has 0 spiro atoms. The summed E-state index contributed by atoms with van der Waals surface area (Å²) in [6.45, 7) is 15.8. The van der Waals surface area contributed by atoms with Crippen LogP contribution in [0.5, 0.6) is 34.5 Å². The second-order valence-electron chi connectivity index (χ2n) is 29.0. The van der Waals surface area contributed by atoms with Gasteiger partial charge in [0.25, 0.3) is 0 Å². The van der Waals surface area contributed by atoms with Crippen molar-refractivity contribution < 1.29 is 63.5 Å². The van der Waals surface area contributed by atoms with Gasteiger partial charge in [-0.3, -0.25) is 0 Å². The van der Waals surface area contributed by atoms with Gasteiger partial charge in [-0.15, -0.1) is 0 Å². The van der Waals surface area contributed by atoms with Crippen molar-refractivity contribution in [3.05, 3.63) is 274 Å². The third-order valence-electron chi connectivity index (χ3n) is 20.9. The maximum atomic E-state index is 14.5. The van der Waals surface area contributed by atoms with Crippen molar-refractivity contribution in [2.24, 2.45) is 11.8 Å². The summed E-state index contributed by atoms with van der Waals surface area (Å²) in [5.74, 6) is -5.14. The van der Waals surface area contributed by atoms with Crippen LogP contribution in [-0.2, 0) is 26.1 Å². The van der Waals surface area contributed by atoms with Gasteiger partial charge in [0.05, 0.1) is 26.9 Å². The predicted molar refractivity (Wildman–Crippen MR) is 434 cm³/mol. The van der Waals surface area contributed by atoms with Gasteiger partial charge in [-0.1, -0.05) is 239 Å². The normalized spacial score (nSPS) is 15.2. The van der Waals surface area contributed by atoms with Crippen molar-refractivity contribution >= 4 is 0 Å². The van der Waals surface area contributed by atoms with E-state index in [9.17, 15) is 35.1 Å². The first-order valence-corrected chi connectivity index (χ1v) is 40.2. The van der Waals surface area contributed by atoms with Gasteiger partial charge in [-0.2, -0.15) is 26.3 Å². The molecule has 10 aromatic rings. The highest BCUT2D eigenvalue weighted by atomic mass is 19.2. The maximum Gasteiger partial charge on any atom is 0.204 e. The van der Waals surface area contributed by atoms with Crippen molar-refractivity contribution in [1.82, 2.24) is 0 Å². The standard InChI is InChI=1S/C26H34F2O2.C24H30F2O.C24H24F2O.C23H22F2O2/c1-3-5-6-7-19-8-12-21(13-9-19)22-14-10-20(11-15-22)18-30-24-17-16-23(29-4-2)25(27)26(24)28;2*1-3-5-17-6-8-18(9-7-17)19-10-12-20(13-11-19)21-14-15-22(27-16-4-2)24(26)23(21)25;1-3-4-16-5-9-18(10-6-16)19-11-7-17(8-12-19)15-27-21-14-13-20(26-2)22(24)23(21)25/h10-11,14-17,19,21H,3-9,12-13,18H2,1-2H3;10-15,17-18H,3-9,16H2,1-2H3;6-15H,3-5,16H2,1-2H3;5-14H,3-4,15H2,1-2H3. The number of hydrogen-bond acceptors (Lipinski definition) is 6. The molecule has 2 aliphatic rings. The van der Waals surface area contributed by atoms with Crippen LogP contribution in [0.1, 0.15) is 209 Å². The topological polar surface area (TPSA) is 55.4 Å². The second-order valence-corrected chi connectivity index (χ2v) is 29.0. The van der Waals surface area contributed by atoms with E-state index < -0.39 is 46.5 Å². The third kappa shape index (κ3) is 24.5. The molecule has 2 fully saturated rings. The van der Waals surface area contributed by atoms with E-state index in [2.05, 4.69) is 100 Å². The lowest BCUT2D eigenvalue weighted by molar-refractivity contribution is 0.274. The Morgan fingerprint density at radius 1 is 0.270 bits per heavy atom. The van der Waals surface area contributed by atoms with Crippen LogP contribution in [0.2, 0.25) is 0 Å². The SMILES string of the molecule is CCCCCC1CCC(c2ccc(COc3ccc(OCC)c(F)c3F)cc2)CC1.CCCOc1ccc(-c2ccc(-c3ccc(CCC)cc3)cc2)c(F)c1F.CCCOc1ccc(-c2ccc(C3CCC(CCC)CC3)cc2)c(F)c1F.CCCc1ccc(-c2ccc(COc3ccc(OC)c(F)c3F)cc2)cc1. The van der Waals surface area contributed by atoms with Crippen LogP contribution in [0.15, 0.2) is 194 Å². The first-order valence-electron chi connectivity index (χ1n) is 40.2. The van der Waals surface area contributed by atoms with Gasteiger partial charge in [-0.25, -0.2) is 8.78 Å². The molecule has 0 bridgehead atoms. The number of aryl methyl sites for hydroxylation is 2. The number of unbranched alkanes of at least 4 members (excludes halogenated alkanes) is 2. The van der Waals surface area contributed by atoms with Gasteiger partial charge in [0.2, 0.25) is 34.9 Å². The van der Waals surface area contributed by atoms with Gasteiger partial charge < -0.3 is 28.4 Å². The lowest BCUT2D eigenvalue weighted by atomic mass is 9.77. The summed E-state index contributed by atoms with van der Waals surface area (Å²) in [6, 6.07) is 60.4. The molecular formula is C97H110F8O6. The maximum absolute atomic E-state index is 14.5. The monoisotopic (exact) mass is 1520 g/mol. The Balaban J connectivity index is 0.000000170. The quantitative estimate of drug-likeness (QED) is 0.0319. The van der Waals surface area contributed by atoms with E-state index in [0.717, 1.165) is 83.7 Å². The zero-order valence-corrected chi connectivity index (χ0v) is 65.9. The van der Waals surface area contributed by atoms with Crippen molar-refractivity contribution in [1.29, 1.82) is 0 Å². The summed E-state index contributed by atoms with van der Waals surface area (Å²) in [5, 5.41) is 0. The molecule has 6 nitrogen and oxygen atoms in total. The molecule has 12 rings (SSSR count).